The van der Waals surface area contributed by atoms with E-state index in [1.165, 1.54) is 0 Å². The van der Waals surface area contributed by atoms with Gasteiger partial charge in [0, 0.05) is 19.6 Å². The van der Waals surface area contributed by atoms with E-state index < -0.39 is 5.60 Å². The van der Waals surface area contributed by atoms with E-state index in [1.54, 1.807) is 0 Å². The Morgan fingerprint density at radius 3 is 2.82 bits per heavy atom. The maximum Gasteiger partial charge on any atom is 0.0834 e. The van der Waals surface area contributed by atoms with Crippen LogP contribution in [0.5, 0.6) is 0 Å². The highest BCUT2D eigenvalue weighted by Crippen LogP contribution is 2.19. The first-order chi connectivity index (χ1) is 5.14. The van der Waals surface area contributed by atoms with Crippen LogP contribution in [0.2, 0.25) is 0 Å². The summed E-state index contributed by atoms with van der Waals surface area (Å²) in [5.41, 5.74) is -0.511. The molecule has 1 fully saturated rings. The molecule has 0 saturated carbocycles. The standard InChI is InChI=1S/C8H16NO2/c1-8(11)3-5-9(7-8)4-2-6-10/h11H,2-7H2,1H3. The molecule has 0 aromatic carbocycles. The van der Waals surface area contributed by atoms with Crippen LogP contribution in [0.15, 0.2) is 0 Å². The van der Waals surface area contributed by atoms with Gasteiger partial charge in [-0.15, -0.1) is 0 Å². The van der Waals surface area contributed by atoms with Crippen molar-refractivity contribution in [2.75, 3.05) is 26.2 Å². The van der Waals surface area contributed by atoms with E-state index in [1.807, 2.05) is 6.92 Å². The lowest BCUT2D eigenvalue weighted by Gasteiger charge is -2.17. The molecule has 0 amide bonds. The summed E-state index contributed by atoms with van der Waals surface area (Å²) in [7, 11) is 0. The number of aliphatic hydroxyl groups is 1. The van der Waals surface area contributed by atoms with Crippen LogP contribution in [0, 0.1) is 0 Å². The second kappa shape index (κ2) is 3.52. The third-order valence-corrected chi connectivity index (χ3v) is 2.15. The summed E-state index contributed by atoms with van der Waals surface area (Å²) in [6.45, 7) is 4.36. The van der Waals surface area contributed by atoms with Crippen molar-refractivity contribution in [3.8, 4) is 0 Å². The van der Waals surface area contributed by atoms with Crippen LogP contribution in [0.1, 0.15) is 19.8 Å². The second-order valence-electron chi connectivity index (χ2n) is 3.58. The Balaban J connectivity index is 2.20. The minimum atomic E-state index is -0.511. The van der Waals surface area contributed by atoms with Crippen LogP contribution in [0.4, 0.5) is 0 Å². The highest BCUT2D eigenvalue weighted by Gasteiger charge is 2.30. The first-order valence-corrected chi connectivity index (χ1v) is 4.17. The molecule has 1 saturated heterocycles. The van der Waals surface area contributed by atoms with Crippen molar-refractivity contribution in [3.63, 3.8) is 0 Å². The average Bonchev–Trinajstić information content (AvgIpc) is 2.26. The molecular weight excluding hydrogens is 142 g/mol. The van der Waals surface area contributed by atoms with Crippen molar-refractivity contribution < 1.29 is 10.2 Å². The van der Waals surface area contributed by atoms with Gasteiger partial charge in [-0.1, -0.05) is 0 Å². The largest absolute Gasteiger partial charge is 0.389 e. The van der Waals surface area contributed by atoms with E-state index in [2.05, 4.69) is 4.90 Å². The van der Waals surface area contributed by atoms with Crippen LogP contribution in [-0.4, -0.2) is 41.8 Å². The predicted molar refractivity (Wildman–Crippen MR) is 41.9 cm³/mol. The average molecular weight is 158 g/mol. The lowest BCUT2D eigenvalue weighted by Crippen LogP contribution is -2.30. The maximum absolute atomic E-state index is 10.2. The molecular formula is C8H16NO2. The predicted octanol–water partition coefficient (Wildman–Crippen LogP) is 0.264. The Morgan fingerprint density at radius 1 is 1.64 bits per heavy atom. The van der Waals surface area contributed by atoms with E-state index >= 15 is 0 Å². The molecule has 3 heteroatoms. The zero-order chi connectivity index (χ0) is 8.32. The van der Waals surface area contributed by atoms with Crippen LogP contribution < -0.4 is 0 Å². The van der Waals surface area contributed by atoms with Crippen molar-refractivity contribution in [3.05, 3.63) is 0 Å². The molecule has 3 nitrogen and oxygen atoms in total. The third kappa shape index (κ3) is 2.77. The first kappa shape index (κ1) is 8.97. The summed E-state index contributed by atoms with van der Waals surface area (Å²) in [6, 6.07) is 0. The molecule has 0 aromatic rings. The zero-order valence-electron chi connectivity index (χ0n) is 7.05. The number of hydrogen-bond acceptors (Lipinski definition) is 2. The summed E-state index contributed by atoms with van der Waals surface area (Å²) < 4.78 is 0. The molecule has 1 rings (SSSR count). The number of rotatable bonds is 3. The number of likely N-dealkylation sites (tertiary alicyclic amines) is 1. The highest BCUT2D eigenvalue weighted by molar-refractivity contribution is 4.85. The smallest absolute Gasteiger partial charge is 0.0834 e. The normalized spacial score (nSPS) is 33.0. The molecule has 0 spiro atoms. The highest BCUT2D eigenvalue weighted by atomic mass is 16.3. The molecule has 0 aliphatic carbocycles. The molecule has 0 bridgehead atoms. The summed E-state index contributed by atoms with van der Waals surface area (Å²) in [4.78, 5) is 2.15. The van der Waals surface area contributed by atoms with Crippen LogP contribution in [-0.2, 0) is 5.11 Å². The van der Waals surface area contributed by atoms with Gasteiger partial charge in [0.25, 0.3) is 0 Å². The number of β-amino-alcohol motifs (C(OH)–C–C–N with tert-alkyl or cyclic N) is 1. The lowest BCUT2D eigenvalue weighted by atomic mass is 10.1. The minimum Gasteiger partial charge on any atom is -0.389 e. The van der Waals surface area contributed by atoms with Gasteiger partial charge in [-0.3, -0.25) is 0 Å². The van der Waals surface area contributed by atoms with E-state index in [4.69, 9.17) is 0 Å². The molecule has 1 aliphatic heterocycles. The maximum atomic E-state index is 10.2. The Labute approximate surface area is 67.6 Å². The van der Waals surface area contributed by atoms with Gasteiger partial charge in [-0.25, -0.2) is 5.11 Å². The molecule has 65 valence electrons. The first-order valence-electron chi connectivity index (χ1n) is 4.17. The Kier molecular flexibility index (Phi) is 2.87. The summed E-state index contributed by atoms with van der Waals surface area (Å²) in [5, 5.41) is 19.7. The van der Waals surface area contributed by atoms with Crippen LogP contribution in [0.25, 0.3) is 0 Å². The van der Waals surface area contributed by atoms with Gasteiger partial charge in [0.15, 0.2) is 0 Å². The molecule has 1 heterocycles. The molecule has 1 aliphatic rings. The van der Waals surface area contributed by atoms with Crippen molar-refractivity contribution >= 4 is 0 Å². The Bertz CT molecular complexity index is 125. The topological polar surface area (TPSA) is 43.4 Å². The monoisotopic (exact) mass is 158 g/mol. The van der Waals surface area contributed by atoms with Gasteiger partial charge in [0.2, 0.25) is 0 Å². The molecule has 1 atom stereocenters. The summed E-state index contributed by atoms with van der Waals surface area (Å²) in [6.07, 6.45) is 1.54. The van der Waals surface area contributed by atoms with Crippen molar-refractivity contribution in [1.29, 1.82) is 0 Å². The van der Waals surface area contributed by atoms with E-state index in [0.29, 0.717) is 6.42 Å². The fraction of sp³-hybridized carbons (Fsp3) is 1.00. The van der Waals surface area contributed by atoms with Gasteiger partial charge < -0.3 is 10.0 Å². The Morgan fingerprint density at radius 2 is 2.36 bits per heavy atom. The molecule has 1 radical (unpaired) electrons. The minimum absolute atomic E-state index is 0.00135. The number of nitrogens with zero attached hydrogens (tertiary/aromatic N) is 1. The van der Waals surface area contributed by atoms with Gasteiger partial charge in [0.05, 0.1) is 12.2 Å². The summed E-state index contributed by atoms with van der Waals surface area (Å²) >= 11 is 0. The fourth-order valence-electron chi connectivity index (χ4n) is 1.52. The van der Waals surface area contributed by atoms with Gasteiger partial charge in [-0.05, 0) is 19.8 Å². The van der Waals surface area contributed by atoms with E-state index in [-0.39, 0.29) is 6.61 Å². The zero-order valence-corrected chi connectivity index (χ0v) is 7.05. The van der Waals surface area contributed by atoms with Gasteiger partial charge in [-0.2, -0.15) is 0 Å². The molecule has 0 aromatic heterocycles. The van der Waals surface area contributed by atoms with Crippen molar-refractivity contribution in [1.82, 2.24) is 4.90 Å². The van der Waals surface area contributed by atoms with E-state index in [9.17, 15) is 10.2 Å². The summed E-state index contributed by atoms with van der Waals surface area (Å²) in [5.74, 6) is 0. The van der Waals surface area contributed by atoms with Crippen LogP contribution in [0.3, 0.4) is 0 Å². The van der Waals surface area contributed by atoms with Crippen LogP contribution >= 0.6 is 0 Å². The molecule has 11 heavy (non-hydrogen) atoms. The van der Waals surface area contributed by atoms with Crippen molar-refractivity contribution in [2.45, 2.75) is 25.4 Å². The SMILES string of the molecule is CC1(O)CCN(CCC[O])C1. The quantitative estimate of drug-likeness (QED) is 0.640. The van der Waals surface area contributed by atoms with E-state index in [0.717, 1.165) is 26.1 Å². The van der Waals surface area contributed by atoms with Crippen molar-refractivity contribution in [2.24, 2.45) is 0 Å². The molecule has 1 unspecified atom stereocenters. The lowest BCUT2D eigenvalue weighted by molar-refractivity contribution is 0.0670. The molecule has 1 N–H and O–H groups in total. The fourth-order valence-corrected chi connectivity index (χ4v) is 1.52. The van der Waals surface area contributed by atoms with Gasteiger partial charge in [0.1, 0.15) is 0 Å². The third-order valence-electron chi connectivity index (χ3n) is 2.15. The number of hydrogen-bond donors (Lipinski definition) is 1. The second-order valence-corrected chi connectivity index (χ2v) is 3.58. The van der Waals surface area contributed by atoms with Gasteiger partial charge >= 0.3 is 0 Å². The Hall–Kier alpha value is -0.120.